The summed E-state index contributed by atoms with van der Waals surface area (Å²) < 4.78 is 7.33. The Morgan fingerprint density at radius 3 is 2.64 bits per heavy atom. The lowest BCUT2D eigenvalue weighted by atomic mass is 10.2. The van der Waals surface area contributed by atoms with Gasteiger partial charge in [-0.3, -0.25) is 0 Å². The lowest BCUT2D eigenvalue weighted by Crippen LogP contribution is -2.06. The third-order valence-electron chi connectivity index (χ3n) is 2.93. The van der Waals surface area contributed by atoms with Gasteiger partial charge in [-0.2, -0.15) is 0 Å². The number of rotatable bonds is 2. The molecule has 0 N–H and O–H groups in total. The van der Waals surface area contributed by atoms with Crippen LogP contribution in [0.4, 0.5) is 0 Å². The second-order valence-corrected chi connectivity index (χ2v) is 7.41. The number of cyclic esters (lactones) is 1. The SMILES string of the molecule is O=C1OC(c2cc(I)ccc2Cl)=N/C1=C\c1cccc(I)c1. The van der Waals surface area contributed by atoms with Crippen molar-refractivity contribution in [1.82, 2.24) is 0 Å². The third-order valence-corrected chi connectivity index (χ3v) is 4.60. The van der Waals surface area contributed by atoms with Crippen LogP contribution in [0.2, 0.25) is 5.02 Å². The van der Waals surface area contributed by atoms with Gasteiger partial charge in [-0.25, -0.2) is 9.79 Å². The zero-order chi connectivity index (χ0) is 15.7. The van der Waals surface area contributed by atoms with Gasteiger partial charge in [0.1, 0.15) is 0 Å². The molecule has 3 rings (SSSR count). The molecular weight excluding hydrogens is 527 g/mol. The molecule has 0 amide bonds. The normalized spacial score (nSPS) is 15.9. The summed E-state index contributed by atoms with van der Waals surface area (Å²) in [6.07, 6.45) is 1.71. The molecule has 3 nitrogen and oxygen atoms in total. The lowest BCUT2D eigenvalue weighted by molar-refractivity contribution is -0.129. The van der Waals surface area contributed by atoms with Crippen molar-refractivity contribution >= 4 is 74.7 Å². The van der Waals surface area contributed by atoms with Gasteiger partial charge in [0.25, 0.3) is 0 Å². The number of aliphatic imine (C=N–C) groups is 1. The van der Waals surface area contributed by atoms with Crippen molar-refractivity contribution < 1.29 is 9.53 Å². The van der Waals surface area contributed by atoms with Gasteiger partial charge < -0.3 is 4.74 Å². The van der Waals surface area contributed by atoms with E-state index in [0.717, 1.165) is 12.7 Å². The molecule has 0 aromatic heterocycles. The Balaban J connectivity index is 2.00. The standard InChI is InChI=1S/C16H8ClI2NO2/c17-13-5-4-11(19)8-12(13)15-20-14(16(21)22-15)7-9-2-1-3-10(18)6-9/h1-8H/b14-7-. The van der Waals surface area contributed by atoms with E-state index < -0.39 is 5.97 Å². The zero-order valence-corrected chi connectivity index (χ0v) is 16.1. The first-order valence-corrected chi connectivity index (χ1v) is 8.80. The molecule has 1 heterocycles. The molecule has 0 saturated heterocycles. The summed E-state index contributed by atoms with van der Waals surface area (Å²) in [5, 5.41) is 0.502. The Bertz CT molecular complexity index is 831. The summed E-state index contributed by atoms with van der Waals surface area (Å²) in [4.78, 5) is 16.3. The highest BCUT2D eigenvalue weighted by Gasteiger charge is 2.25. The number of esters is 1. The van der Waals surface area contributed by atoms with Gasteiger partial charge in [-0.1, -0.05) is 23.7 Å². The first-order valence-electron chi connectivity index (χ1n) is 6.26. The monoisotopic (exact) mass is 535 g/mol. The van der Waals surface area contributed by atoms with Gasteiger partial charge in [-0.15, -0.1) is 0 Å². The Morgan fingerprint density at radius 1 is 1.09 bits per heavy atom. The highest BCUT2D eigenvalue weighted by molar-refractivity contribution is 14.1. The first-order chi connectivity index (χ1) is 10.5. The minimum Gasteiger partial charge on any atom is -0.402 e. The molecule has 0 saturated carbocycles. The maximum Gasteiger partial charge on any atom is 0.363 e. The summed E-state index contributed by atoms with van der Waals surface area (Å²) >= 11 is 10.5. The zero-order valence-electron chi connectivity index (χ0n) is 11.0. The largest absolute Gasteiger partial charge is 0.402 e. The molecule has 0 fully saturated rings. The molecule has 0 radical (unpaired) electrons. The van der Waals surface area contributed by atoms with E-state index >= 15 is 0 Å². The van der Waals surface area contributed by atoms with Crippen molar-refractivity contribution in [1.29, 1.82) is 0 Å². The molecule has 2 aromatic carbocycles. The Kier molecular flexibility index (Phi) is 4.84. The fourth-order valence-electron chi connectivity index (χ4n) is 1.94. The third kappa shape index (κ3) is 3.52. The lowest BCUT2D eigenvalue weighted by Gasteiger charge is -2.02. The van der Waals surface area contributed by atoms with Crippen LogP contribution in [0.1, 0.15) is 11.1 Å². The summed E-state index contributed by atoms with van der Waals surface area (Å²) in [5.41, 5.74) is 1.79. The molecule has 1 aliphatic rings. The number of carbonyl (C=O) groups is 1. The first kappa shape index (κ1) is 15.9. The average Bonchev–Trinajstić information content (AvgIpc) is 2.83. The average molecular weight is 536 g/mol. The minimum absolute atomic E-state index is 0.241. The predicted molar refractivity (Wildman–Crippen MR) is 104 cm³/mol. The number of nitrogens with zero attached hydrogens (tertiary/aromatic N) is 1. The highest BCUT2D eigenvalue weighted by atomic mass is 127. The molecule has 22 heavy (non-hydrogen) atoms. The van der Waals surface area contributed by atoms with Crippen LogP contribution >= 0.6 is 56.8 Å². The van der Waals surface area contributed by atoms with Crippen molar-refractivity contribution in [2.75, 3.05) is 0 Å². The smallest absolute Gasteiger partial charge is 0.363 e. The van der Waals surface area contributed by atoms with Crippen LogP contribution in [0, 0.1) is 7.14 Å². The molecule has 1 aliphatic heterocycles. The summed E-state index contributed by atoms with van der Waals surface area (Å²) in [7, 11) is 0. The van der Waals surface area contributed by atoms with Crippen LogP contribution in [0.15, 0.2) is 53.2 Å². The molecule has 0 atom stereocenters. The summed E-state index contributed by atoms with van der Waals surface area (Å²) in [5.74, 6) is -0.228. The number of halogens is 3. The summed E-state index contributed by atoms with van der Waals surface area (Å²) in [6, 6.07) is 13.3. The van der Waals surface area contributed by atoms with E-state index in [9.17, 15) is 4.79 Å². The van der Waals surface area contributed by atoms with Gasteiger partial charge in [0.05, 0.1) is 10.6 Å². The van der Waals surface area contributed by atoms with Crippen molar-refractivity contribution in [3.63, 3.8) is 0 Å². The molecular formula is C16H8ClI2NO2. The second kappa shape index (κ2) is 6.67. The Labute approximate surface area is 159 Å². The van der Waals surface area contributed by atoms with Crippen molar-refractivity contribution in [3.8, 4) is 0 Å². The van der Waals surface area contributed by atoms with Crippen molar-refractivity contribution in [3.05, 3.63) is 71.5 Å². The summed E-state index contributed by atoms with van der Waals surface area (Å²) in [6.45, 7) is 0. The maximum absolute atomic E-state index is 12.0. The van der Waals surface area contributed by atoms with Gasteiger partial charge in [0.15, 0.2) is 5.70 Å². The molecule has 2 aromatic rings. The fourth-order valence-corrected chi connectivity index (χ4v) is 3.20. The number of ether oxygens (including phenoxy) is 1. The van der Waals surface area contributed by atoms with Gasteiger partial charge in [-0.05, 0) is 87.2 Å². The van der Waals surface area contributed by atoms with E-state index in [2.05, 4.69) is 50.2 Å². The number of hydrogen-bond acceptors (Lipinski definition) is 3. The molecule has 0 unspecified atom stereocenters. The fraction of sp³-hybridized carbons (Fsp3) is 0. The van der Waals surface area contributed by atoms with E-state index in [4.69, 9.17) is 16.3 Å². The maximum atomic E-state index is 12.0. The molecule has 0 aliphatic carbocycles. The Hall–Kier alpha value is -0.930. The predicted octanol–water partition coefficient (Wildman–Crippen LogP) is 4.89. The Morgan fingerprint density at radius 2 is 1.86 bits per heavy atom. The van der Waals surface area contributed by atoms with E-state index in [0.29, 0.717) is 10.6 Å². The number of hydrogen-bond donors (Lipinski definition) is 0. The van der Waals surface area contributed by atoms with Crippen LogP contribution in [0.5, 0.6) is 0 Å². The van der Waals surface area contributed by atoms with Gasteiger partial charge in [0.2, 0.25) is 5.90 Å². The second-order valence-electron chi connectivity index (χ2n) is 4.52. The van der Waals surface area contributed by atoms with Gasteiger partial charge in [0, 0.05) is 7.14 Å². The van der Waals surface area contributed by atoms with Crippen LogP contribution < -0.4 is 0 Å². The number of carbonyl (C=O) groups excluding carboxylic acids is 1. The van der Waals surface area contributed by atoms with Crippen LogP contribution in [0.25, 0.3) is 6.08 Å². The van der Waals surface area contributed by atoms with E-state index in [-0.39, 0.29) is 11.6 Å². The van der Waals surface area contributed by atoms with Crippen molar-refractivity contribution in [2.24, 2.45) is 4.99 Å². The van der Waals surface area contributed by atoms with E-state index in [1.54, 1.807) is 12.1 Å². The van der Waals surface area contributed by atoms with E-state index in [1.807, 2.05) is 36.4 Å². The molecule has 110 valence electrons. The van der Waals surface area contributed by atoms with Crippen LogP contribution in [-0.4, -0.2) is 11.9 Å². The van der Waals surface area contributed by atoms with Crippen molar-refractivity contribution in [2.45, 2.75) is 0 Å². The quantitative estimate of drug-likeness (QED) is 0.312. The number of benzene rings is 2. The molecule has 6 heteroatoms. The van der Waals surface area contributed by atoms with Crippen LogP contribution in [0.3, 0.4) is 0 Å². The van der Waals surface area contributed by atoms with Gasteiger partial charge >= 0.3 is 5.97 Å². The van der Waals surface area contributed by atoms with E-state index in [1.165, 1.54) is 0 Å². The minimum atomic E-state index is -0.469. The topological polar surface area (TPSA) is 38.7 Å². The molecule has 0 spiro atoms. The van der Waals surface area contributed by atoms with Crippen LogP contribution in [-0.2, 0) is 9.53 Å². The highest BCUT2D eigenvalue weighted by Crippen LogP contribution is 2.25. The molecule has 0 bridgehead atoms.